The molecule has 0 unspecified atom stereocenters. The van der Waals surface area contributed by atoms with Gasteiger partial charge in [0.15, 0.2) is 11.2 Å². The summed E-state index contributed by atoms with van der Waals surface area (Å²) in [6.45, 7) is 4.09. The second-order valence-corrected chi connectivity index (χ2v) is 13.4. The Balaban J connectivity index is 1.18. The number of benzene rings is 3. The zero-order valence-corrected chi connectivity index (χ0v) is 28.3. The monoisotopic (exact) mass is 666 g/mol. The highest BCUT2D eigenvalue weighted by molar-refractivity contribution is 6.30. The molecule has 48 heavy (non-hydrogen) atoms. The normalized spacial score (nSPS) is 17.3. The van der Waals surface area contributed by atoms with Crippen LogP contribution in [0.5, 0.6) is 5.75 Å². The van der Waals surface area contributed by atoms with Crippen molar-refractivity contribution in [3.8, 4) is 5.75 Å². The number of carbonyl (C=O) groups excluding carboxylic acids is 2. The lowest BCUT2D eigenvalue weighted by Crippen LogP contribution is -2.36. The van der Waals surface area contributed by atoms with E-state index in [1.807, 2.05) is 36.1 Å². The van der Waals surface area contributed by atoms with E-state index in [1.54, 1.807) is 18.2 Å². The Labute approximate surface area is 286 Å². The molecule has 0 spiro atoms. The summed E-state index contributed by atoms with van der Waals surface area (Å²) in [7, 11) is 0. The number of amides is 2. The molecule has 250 valence electrons. The van der Waals surface area contributed by atoms with E-state index in [2.05, 4.69) is 35.7 Å². The number of carbonyl (C=O) groups is 2. The minimum absolute atomic E-state index is 0.0262. The smallest absolute Gasteiger partial charge is 0.287 e. The number of halogens is 1. The molecular weight excluding hydrogens is 624 g/mol. The van der Waals surface area contributed by atoms with Crippen LogP contribution >= 0.6 is 11.6 Å². The maximum atomic E-state index is 13.6. The van der Waals surface area contributed by atoms with E-state index < -0.39 is 5.91 Å². The first-order valence-corrected chi connectivity index (χ1v) is 17.5. The minimum atomic E-state index is -0.439. The van der Waals surface area contributed by atoms with Crippen molar-refractivity contribution in [1.29, 1.82) is 0 Å². The molecule has 1 saturated heterocycles. The fourth-order valence-electron chi connectivity index (χ4n) is 6.88. The summed E-state index contributed by atoms with van der Waals surface area (Å²) in [5.41, 5.74) is 4.98. The highest BCUT2D eigenvalue weighted by Gasteiger charge is 2.25. The summed E-state index contributed by atoms with van der Waals surface area (Å²) < 4.78 is 11.6. The molecule has 1 N–H and O–H groups in total. The third-order valence-electron chi connectivity index (χ3n) is 9.42. The van der Waals surface area contributed by atoms with Crippen molar-refractivity contribution in [3.05, 3.63) is 122 Å². The fourth-order valence-corrected chi connectivity index (χ4v) is 7.01. The van der Waals surface area contributed by atoms with E-state index in [0.29, 0.717) is 53.7 Å². The van der Waals surface area contributed by atoms with Crippen LogP contribution < -0.4 is 15.5 Å². The van der Waals surface area contributed by atoms with Gasteiger partial charge in [-0.15, -0.1) is 0 Å². The minimum Gasteiger partial charge on any atom is -0.494 e. The molecule has 7 nitrogen and oxygen atoms in total. The number of likely N-dealkylation sites (tertiary alicyclic amines) is 1. The first-order chi connectivity index (χ1) is 23.4. The number of rotatable bonds is 11. The number of hydrogen-bond donors (Lipinski definition) is 1. The van der Waals surface area contributed by atoms with Crippen LogP contribution in [0.15, 0.2) is 93.7 Å². The van der Waals surface area contributed by atoms with Crippen molar-refractivity contribution in [2.75, 3.05) is 13.2 Å². The van der Waals surface area contributed by atoms with Gasteiger partial charge >= 0.3 is 0 Å². The van der Waals surface area contributed by atoms with Gasteiger partial charge in [0.1, 0.15) is 11.3 Å². The maximum absolute atomic E-state index is 13.6. The molecule has 1 atom stereocenters. The third-order valence-corrected chi connectivity index (χ3v) is 9.67. The van der Waals surface area contributed by atoms with Gasteiger partial charge in [-0.05, 0) is 104 Å². The van der Waals surface area contributed by atoms with Gasteiger partial charge in [0.05, 0.1) is 18.0 Å². The van der Waals surface area contributed by atoms with Crippen molar-refractivity contribution in [1.82, 2.24) is 10.2 Å². The van der Waals surface area contributed by atoms with E-state index in [9.17, 15) is 14.4 Å². The van der Waals surface area contributed by atoms with Gasteiger partial charge in [-0.2, -0.15) is 0 Å². The number of ether oxygens (including phenoxy) is 1. The molecular formula is C40H43ClN2O5. The van der Waals surface area contributed by atoms with Crippen molar-refractivity contribution < 1.29 is 18.7 Å². The van der Waals surface area contributed by atoms with Gasteiger partial charge in [0.2, 0.25) is 5.91 Å². The Hall–Kier alpha value is -4.36. The van der Waals surface area contributed by atoms with Crippen LogP contribution in [0.4, 0.5) is 0 Å². The number of piperidine rings is 1. The Morgan fingerprint density at radius 3 is 2.58 bits per heavy atom. The van der Waals surface area contributed by atoms with E-state index in [1.165, 1.54) is 22.8 Å². The highest BCUT2D eigenvalue weighted by atomic mass is 35.5. The first kappa shape index (κ1) is 33.5. The molecule has 3 aromatic carbocycles. The van der Waals surface area contributed by atoms with E-state index >= 15 is 0 Å². The SMILES string of the molecule is CCCOc1ccc2oc(C(=O)N[C@@H](C=C3CCC(c4ccccc4CN4CCCCC4=O)CC3)Cc3ccc(Cl)cc3)cc(=O)c2c1. The fraction of sp³-hybridized carbons (Fsp3) is 0.375. The lowest BCUT2D eigenvalue weighted by molar-refractivity contribution is -0.133. The number of allylic oxidation sites excluding steroid dienone is 1. The predicted octanol–water partition coefficient (Wildman–Crippen LogP) is 8.37. The maximum Gasteiger partial charge on any atom is 0.287 e. The van der Waals surface area contributed by atoms with Gasteiger partial charge < -0.3 is 19.4 Å². The zero-order valence-electron chi connectivity index (χ0n) is 27.5. The van der Waals surface area contributed by atoms with E-state index in [4.69, 9.17) is 20.8 Å². The Morgan fingerprint density at radius 1 is 1.02 bits per heavy atom. The number of hydrogen-bond acceptors (Lipinski definition) is 5. The highest BCUT2D eigenvalue weighted by Crippen LogP contribution is 2.37. The van der Waals surface area contributed by atoms with Crippen molar-refractivity contribution in [2.45, 2.75) is 83.2 Å². The Kier molecular flexibility index (Phi) is 11.0. The van der Waals surface area contributed by atoms with Crippen LogP contribution in [0.25, 0.3) is 11.0 Å². The molecule has 1 aromatic heterocycles. The van der Waals surface area contributed by atoms with Crippen LogP contribution in [-0.4, -0.2) is 35.9 Å². The Morgan fingerprint density at radius 2 is 1.81 bits per heavy atom. The van der Waals surface area contributed by atoms with Crippen LogP contribution in [0.3, 0.4) is 0 Å². The second kappa shape index (κ2) is 15.7. The molecule has 0 radical (unpaired) electrons. The van der Waals surface area contributed by atoms with E-state index in [0.717, 1.165) is 57.1 Å². The Bertz CT molecular complexity index is 1840. The van der Waals surface area contributed by atoms with E-state index in [-0.39, 0.29) is 23.1 Å². The molecule has 2 fully saturated rings. The van der Waals surface area contributed by atoms with Gasteiger partial charge in [0, 0.05) is 30.6 Å². The van der Waals surface area contributed by atoms with Crippen LogP contribution in [-0.2, 0) is 17.8 Å². The van der Waals surface area contributed by atoms with Gasteiger partial charge in [-0.3, -0.25) is 14.4 Å². The first-order valence-electron chi connectivity index (χ1n) is 17.2. The van der Waals surface area contributed by atoms with Gasteiger partial charge in [-0.25, -0.2) is 0 Å². The third kappa shape index (κ3) is 8.37. The van der Waals surface area contributed by atoms with Gasteiger partial charge in [-0.1, -0.05) is 66.6 Å². The average Bonchev–Trinajstić information content (AvgIpc) is 3.10. The summed E-state index contributed by atoms with van der Waals surface area (Å²) in [6, 6.07) is 22.2. The molecule has 1 aliphatic carbocycles. The number of nitrogens with one attached hydrogen (secondary N) is 1. The average molecular weight is 667 g/mol. The summed E-state index contributed by atoms with van der Waals surface area (Å²) in [4.78, 5) is 41.1. The molecule has 8 heteroatoms. The summed E-state index contributed by atoms with van der Waals surface area (Å²) in [6.07, 6.45) is 10.2. The van der Waals surface area contributed by atoms with Crippen molar-refractivity contribution in [2.24, 2.45) is 0 Å². The number of nitrogens with zero attached hydrogens (tertiary/aromatic N) is 1. The lowest BCUT2D eigenvalue weighted by atomic mass is 9.79. The lowest BCUT2D eigenvalue weighted by Gasteiger charge is -2.31. The molecule has 1 aliphatic heterocycles. The van der Waals surface area contributed by atoms with Crippen molar-refractivity contribution >= 4 is 34.4 Å². The zero-order chi connectivity index (χ0) is 33.5. The molecule has 0 bridgehead atoms. The summed E-state index contributed by atoms with van der Waals surface area (Å²) in [5, 5.41) is 4.16. The molecule has 4 aromatic rings. The molecule has 2 amide bonds. The molecule has 1 saturated carbocycles. The van der Waals surface area contributed by atoms with Crippen LogP contribution in [0.1, 0.15) is 91.5 Å². The summed E-state index contributed by atoms with van der Waals surface area (Å²) in [5.74, 6) is 0.807. The quantitative estimate of drug-likeness (QED) is 0.163. The molecule has 2 heterocycles. The standard InChI is InChI=1S/C40H43ClN2O5/c1-2-21-47-33-18-19-37-35(24-33)36(44)25-38(48-37)40(46)42-32(23-28-12-16-31(41)17-13-28)22-27-10-14-29(15-11-27)34-8-4-3-7-30(34)26-43-20-6-5-9-39(43)45/h3-4,7-8,12-13,16-19,22,24-25,29,32H,2,5-6,9-11,14-15,20-21,23,26H2,1H3,(H,42,46)/t29?,32-/m0/s1. The second-order valence-electron chi connectivity index (χ2n) is 13.0. The van der Waals surface area contributed by atoms with Crippen LogP contribution in [0.2, 0.25) is 5.02 Å². The topological polar surface area (TPSA) is 88.8 Å². The largest absolute Gasteiger partial charge is 0.494 e. The molecule has 2 aliphatic rings. The molecule has 6 rings (SSSR count). The van der Waals surface area contributed by atoms with Gasteiger partial charge in [0.25, 0.3) is 5.91 Å². The number of fused-ring (bicyclic) bond motifs is 1. The predicted molar refractivity (Wildman–Crippen MR) is 190 cm³/mol. The van der Waals surface area contributed by atoms with Crippen LogP contribution in [0, 0.1) is 0 Å². The van der Waals surface area contributed by atoms with Crippen molar-refractivity contribution in [3.63, 3.8) is 0 Å². The summed E-state index contributed by atoms with van der Waals surface area (Å²) >= 11 is 6.15.